The molecule has 0 unspecified atom stereocenters. The van der Waals surface area contributed by atoms with Crippen LogP contribution in [-0.2, 0) is 21.6 Å². The van der Waals surface area contributed by atoms with Gasteiger partial charge in [0.25, 0.3) is 5.91 Å². The third-order valence-corrected chi connectivity index (χ3v) is 4.44. The summed E-state index contributed by atoms with van der Waals surface area (Å²) < 4.78 is 10.8. The average Bonchev–Trinajstić information content (AvgIpc) is 2.58. The Morgan fingerprint density at radius 2 is 1.63 bits per heavy atom. The molecule has 2 aromatic rings. The van der Waals surface area contributed by atoms with Gasteiger partial charge in [-0.3, -0.25) is 4.79 Å². The van der Waals surface area contributed by atoms with Gasteiger partial charge in [-0.1, -0.05) is 45.0 Å². The highest BCUT2D eigenvalue weighted by Gasteiger charge is 2.17. The molecule has 0 fully saturated rings. The van der Waals surface area contributed by atoms with Crippen LogP contribution in [0.1, 0.15) is 53.4 Å². The monoisotopic (exact) mass is 369 g/mol. The summed E-state index contributed by atoms with van der Waals surface area (Å²) in [5, 5.41) is 0. The van der Waals surface area contributed by atoms with E-state index in [1.807, 2.05) is 13.8 Å². The highest BCUT2D eigenvalue weighted by Crippen LogP contribution is 2.27. The predicted molar refractivity (Wildman–Crippen MR) is 105 cm³/mol. The molecule has 0 heterocycles. The topological polar surface area (TPSA) is 78.6 Å². The zero-order valence-electron chi connectivity index (χ0n) is 16.6. The normalized spacial score (nSPS) is 11.1. The summed E-state index contributed by atoms with van der Waals surface area (Å²) >= 11 is 0. The third-order valence-electron chi connectivity index (χ3n) is 4.44. The molecule has 0 aliphatic carbocycles. The SMILES string of the molecule is Cc1cc(C(C)(C)C)cc(C)c1COC(=O)COc1ccccc1C(N)=O. The summed E-state index contributed by atoms with van der Waals surface area (Å²) in [5.74, 6) is -0.846. The molecule has 0 bridgehead atoms. The van der Waals surface area contributed by atoms with Crippen LogP contribution >= 0.6 is 0 Å². The molecule has 0 aromatic heterocycles. The van der Waals surface area contributed by atoms with Crippen molar-refractivity contribution in [1.82, 2.24) is 0 Å². The number of primary amides is 1. The number of rotatable bonds is 6. The Balaban J connectivity index is 2.00. The van der Waals surface area contributed by atoms with E-state index < -0.39 is 11.9 Å². The standard InChI is InChI=1S/C22H27NO4/c1-14-10-16(22(3,4)5)11-15(2)18(14)12-27-20(24)13-26-19-9-7-6-8-17(19)21(23)25/h6-11H,12-13H2,1-5H3,(H2,23,25). The van der Waals surface area contributed by atoms with E-state index in [4.69, 9.17) is 15.2 Å². The van der Waals surface area contributed by atoms with E-state index in [1.165, 1.54) is 5.56 Å². The van der Waals surface area contributed by atoms with Crippen LogP contribution in [0, 0.1) is 13.8 Å². The molecular weight excluding hydrogens is 342 g/mol. The van der Waals surface area contributed by atoms with Crippen molar-refractivity contribution in [3.63, 3.8) is 0 Å². The lowest BCUT2D eigenvalue weighted by molar-refractivity contribution is -0.147. The lowest BCUT2D eigenvalue weighted by atomic mass is 9.84. The van der Waals surface area contributed by atoms with E-state index in [0.29, 0.717) is 0 Å². The van der Waals surface area contributed by atoms with Crippen LogP contribution in [0.5, 0.6) is 5.75 Å². The van der Waals surface area contributed by atoms with Gasteiger partial charge in [0.15, 0.2) is 6.61 Å². The van der Waals surface area contributed by atoms with E-state index in [9.17, 15) is 9.59 Å². The van der Waals surface area contributed by atoms with Crippen LogP contribution in [0.2, 0.25) is 0 Å². The maximum Gasteiger partial charge on any atom is 0.344 e. The molecule has 2 N–H and O–H groups in total. The number of carbonyl (C=O) groups is 2. The van der Waals surface area contributed by atoms with Crippen molar-refractivity contribution >= 4 is 11.9 Å². The predicted octanol–water partition coefficient (Wildman–Crippen LogP) is 3.82. The average molecular weight is 369 g/mol. The van der Waals surface area contributed by atoms with Crippen LogP contribution in [-0.4, -0.2) is 18.5 Å². The van der Waals surface area contributed by atoms with Gasteiger partial charge in [0, 0.05) is 0 Å². The van der Waals surface area contributed by atoms with Crippen LogP contribution in [0.25, 0.3) is 0 Å². The highest BCUT2D eigenvalue weighted by molar-refractivity contribution is 5.95. The number of aryl methyl sites for hydroxylation is 2. The Bertz CT molecular complexity index is 827. The van der Waals surface area contributed by atoms with Crippen LogP contribution in [0.3, 0.4) is 0 Å². The lowest BCUT2D eigenvalue weighted by Gasteiger charge is -2.22. The minimum Gasteiger partial charge on any atom is -0.481 e. The Kier molecular flexibility index (Phi) is 6.26. The zero-order chi connectivity index (χ0) is 20.2. The number of nitrogens with two attached hydrogens (primary N) is 1. The van der Waals surface area contributed by atoms with Crippen LogP contribution in [0.4, 0.5) is 0 Å². The van der Waals surface area contributed by atoms with Gasteiger partial charge in [-0.15, -0.1) is 0 Å². The number of hydrogen-bond acceptors (Lipinski definition) is 4. The number of benzene rings is 2. The number of esters is 1. The molecule has 144 valence electrons. The summed E-state index contributed by atoms with van der Waals surface area (Å²) in [5.41, 5.74) is 10.0. The smallest absolute Gasteiger partial charge is 0.344 e. The fraction of sp³-hybridized carbons (Fsp3) is 0.364. The van der Waals surface area contributed by atoms with E-state index in [0.717, 1.165) is 16.7 Å². The van der Waals surface area contributed by atoms with Gasteiger partial charge >= 0.3 is 5.97 Å². The first kappa shape index (κ1) is 20.5. The Labute approximate surface area is 160 Å². The Morgan fingerprint density at radius 3 is 2.19 bits per heavy atom. The third kappa shape index (κ3) is 5.33. The van der Waals surface area contributed by atoms with Crippen molar-refractivity contribution in [3.05, 3.63) is 64.2 Å². The second-order valence-corrected chi connectivity index (χ2v) is 7.65. The molecule has 0 atom stereocenters. The van der Waals surface area contributed by atoms with E-state index in [-0.39, 0.29) is 29.9 Å². The van der Waals surface area contributed by atoms with E-state index in [1.54, 1.807) is 24.3 Å². The summed E-state index contributed by atoms with van der Waals surface area (Å²) in [6.45, 7) is 10.4. The first-order valence-electron chi connectivity index (χ1n) is 8.87. The summed E-state index contributed by atoms with van der Waals surface area (Å²) in [4.78, 5) is 23.4. The van der Waals surface area contributed by atoms with Crippen molar-refractivity contribution in [1.29, 1.82) is 0 Å². The van der Waals surface area contributed by atoms with Gasteiger partial charge in [0.2, 0.25) is 0 Å². The van der Waals surface area contributed by atoms with Crippen molar-refractivity contribution in [2.24, 2.45) is 5.73 Å². The molecule has 27 heavy (non-hydrogen) atoms. The molecule has 2 rings (SSSR count). The molecule has 0 radical (unpaired) electrons. The minimum atomic E-state index is -0.607. The second-order valence-electron chi connectivity index (χ2n) is 7.65. The van der Waals surface area contributed by atoms with Gasteiger partial charge < -0.3 is 15.2 Å². The number of ether oxygens (including phenoxy) is 2. The first-order valence-corrected chi connectivity index (χ1v) is 8.87. The zero-order valence-corrected chi connectivity index (χ0v) is 16.6. The van der Waals surface area contributed by atoms with Gasteiger partial charge in [0.05, 0.1) is 5.56 Å². The molecule has 0 aliphatic heterocycles. The van der Waals surface area contributed by atoms with Gasteiger partial charge in [-0.2, -0.15) is 0 Å². The molecule has 0 saturated carbocycles. The maximum atomic E-state index is 12.1. The van der Waals surface area contributed by atoms with Crippen molar-refractivity contribution in [2.45, 2.75) is 46.6 Å². The van der Waals surface area contributed by atoms with Crippen LogP contribution in [0.15, 0.2) is 36.4 Å². The van der Waals surface area contributed by atoms with Crippen molar-refractivity contribution in [3.8, 4) is 5.75 Å². The molecule has 2 aromatic carbocycles. The molecule has 5 heteroatoms. The van der Waals surface area contributed by atoms with Crippen molar-refractivity contribution in [2.75, 3.05) is 6.61 Å². The Morgan fingerprint density at radius 1 is 1.04 bits per heavy atom. The molecule has 0 saturated heterocycles. The summed E-state index contributed by atoms with van der Waals surface area (Å²) in [6.07, 6.45) is 0. The lowest BCUT2D eigenvalue weighted by Crippen LogP contribution is -2.18. The summed E-state index contributed by atoms with van der Waals surface area (Å²) in [7, 11) is 0. The molecule has 1 amide bonds. The fourth-order valence-electron chi connectivity index (χ4n) is 2.78. The fourth-order valence-corrected chi connectivity index (χ4v) is 2.78. The molecular formula is C22H27NO4. The largest absolute Gasteiger partial charge is 0.481 e. The van der Waals surface area contributed by atoms with Crippen LogP contribution < -0.4 is 10.5 Å². The summed E-state index contributed by atoms with van der Waals surface area (Å²) in [6, 6.07) is 10.8. The highest BCUT2D eigenvalue weighted by atomic mass is 16.6. The minimum absolute atomic E-state index is 0.0619. The van der Waals surface area contributed by atoms with Gasteiger partial charge in [0.1, 0.15) is 12.4 Å². The van der Waals surface area contributed by atoms with E-state index >= 15 is 0 Å². The van der Waals surface area contributed by atoms with E-state index in [2.05, 4.69) is 32.9 Å². The number of carbonyl (C=O) groups excluding carboxylic acids is 2. The number of amides is 1. The quantitative estimate of drug-likeness (QED) is 0.785. The Hall–Kier alpha value is -2.82. The molecule has 0 aliphatic rings. The number of hydrogen-bond donors (Lipinski definition) is 1. The van der Waals surface area contributed by atoms with Gasteiger partial charge in [-0.05, 0) is 53.6 Å². The molecule has 5 nitrogen and oxygen atoms in total. The van der Waals surface area contributed by atoms with Gasteiger partial charge in [-0.25, -0.2) is 4.79 Å². The van der Waals surface area contributed by atoms with Crippen molar-refractivity contribution < 1.29 is 19.1 Å². The number of para-hydroxylation sites is 1. The maximum absolute atomic E-state index is 12.1. The second kappa shape index (κ2) is 8.25. The first-order chi connectivity index (χ1) is 12.6. The molecule has 0 spiro atoms.